The van der Waals surface area contributed by atoms with Gasteiger partial charge in [-0.2, -0.15) is 0 Å². The molecule has 1 aliphatic heterocycles. The third-order valence-corrected chi connectivity index (χ3v) is 3.28. The number of hydrogen-bond donors (Lipinski definition) is 1. The molecule has 3 aromatic rings. The van der Waals surface area contributed by atoms with E-state index in [-0.39, 0.29) is 5.82 Å². The minimum absolute atomic E-state index is 0.330. The number of ether oxygens (including phenoxy) is 2. The second-order valence-electron chi connectivity index (χ2n) is 4.55. The molecule has 4 rings (SSSR count). The van der Waals surface area contributed by atoms with Crippen LogP contribution in [-0.2, 0) is 0 Å². The summed E-state index contributed by atoms with van der Waals surface area (Å²) < 4.78 is 24.9. The Kier molecular flexibility index (Phi) is 2.39. The second kappa shape index (κ2) is 4.23. The number of fused-ring (bicyclic) bond motifs is 2. The number of aromatic amines is 1. The number of para-hydroxylation sites is 2. The fourth-order valence-electron chi connectivity index (χ4n) is 2.38. The molecule has 1 aromatic heterocycles. The van der Waals surface area contributed by atoms with Crippen LogP contribution in [0.2, 0.25) is 0 Å². The van der Waals surface area contributed by atoms with Gasteiger partial charge in [0, 0.05) is 0 Å². The molecule has 0 fully saturated rings. The Morgan fingerprint density at radius 1 is 1.05 bits per heavy atom. The van der Waals surface area contributed by atoms with E-state index in [1.165, 1.54) is 6.07 Å². The van der Waals surface area contributed by atoms with Gasteiger partial charge in [-0.1, -0.05) is 12.1 Å². The monoisotopic (exact) mass is 270 g/mol. The number of aromatic nitrogens is 2. The number of halogens is 1. The van der Waals surface area contributed by atoms with Crippen molar-refractivity contribution in [2.24, 2.45) is 0 Å². The highest BCUT2D eigenvalue weighted by Crippen LogP contribution is 2.39. The largest absolute Gasteiger partial charge is 0.486 e. The number of H-pyrrole nitrogens is 1. The Bertz CT molecular complexity index is 798. The predicted molar refractivity (Wildman–Crippen MR) is 72.5 cm³/mol. The maximum absolute atomic E-state index is 13.7. The van der Waals surface area contributed by atoms with Gasteiger partial charge in [-0.3, -0.25) is 0 Å². The lowest BCUT2D eigenvalue weighted by atomic mass is 10.1. The highest BCUT2D eigenvalue weighted by atomic mass is 19.1. The molecule has 0 bridgehead atoms. The molecule has 4 nitrogen and oxygen atoms in total. The van der Waals surface area contributed by atoms with Gasteiger partial charge >= 0.3 is 0 Å². The summed E-state index contributed by atoms with van der Waals surface area (Å²) in [6.45, 7) is 1.03. The fourth-order valence-corrected chi connectivity index (χ4v) is 2.38. The van der Waals surface area contributed by atoms with Gasteiger partial charge in [0.2, 0.25) is 0 Å². The van der Waals surface area contributed by atoms with E-state index in [0.717, 1.165) is 5.56 Å². The molecular weight excluding hydrogens is 259 g/mol. The maximum atomic E-state index is 13.7. The van der Waals surface area contributed by atoms with E-state index in [9.17, 15) is 4.39 Å². The molecule has 0 atom stereocenters. The zero-order valence-electron chi connectivity index (χ0n) is 10.5. The lowest BCUT2D eigenvalue weighted by Gasteiger charge is -2.20. The summed E-state index contributed by atoms with van der Waals surface area (Å²) in [5.74, 6) is 1.58. The first-order valence-electron chi connectivity index (χ1n) is 6.36. The normalized spacial score (nSPS) is 13.7. The molecule has 2 aromatic carbocycles. The molecule has 0 saturated heterocycles. The minimum atomic E-state index is -0.341. The lowest BCUT2D eigenvalue weighted by Crippen LogP contribution is -2.15. The van der Waals surface area contributed by atoms with Gasteiger partial charge in [0.15, 0.2) is 17.3 Å². The SMILES string of the molecule is Fc1cccc2[nH]c(-c3cccc4c3OCCO4)nc12. The van der Waals surface area contributed by atoms with Gasteiger partial charge in [0.1, 0.15) is 24.6 Å². The molecule has 0 aliphatic carbocycles. The van der Waals surface area contributed by atoms with Crippen LogP contribution in [0.5, 0.6) is 11.5 Å². The molecule has 0 unspecified atom stereocenters. The highest BCUT2D eigenvalue weighted by Gasteiger charge is 2.19. The summed E-state index contributed by atoms with van der Waals surface area (Å²) in [6.07, 6.45) is 0. The van der Waals surface area contributed by atoms with Crippen LogP contribution in [0.15, 0.2) is 36.4 Å². The molecule has 5 heteroatoms. The molecule has 0 radical (unpaired) electrons. The molecule has 100 valence electrons. The van der Waals surface area contributed by atoms with Crippen molar-refractivity contribution in [1.29, 1.82) is 0 Å². The van der Waals surface area contributed by atoms with Gasteiger partial charge in [-0.15, -0.1) is 0 Å². The van der Waals surface area contributed by atoms with Crippen molar-refractivity contribution in [3.8, 4) is 22.9 Å². The number of nitrogens with one attached hydrogen (secondary N) is 1. The quantitative estimate of drug-likeness (QED) is 0.739. The van der Waals surface area contributed by atoms with E-state index in [1.807, 2.05) is 18.2 Å². The summed E-state index contributed by atoms with van der Waals surface area (Å²) in [6, 6.07) is 10.4. The molecular formula is C15H11FN2O2. The molecule has 1 aliphatic rings. The molecule has 0 amide bonds. The maximum Gasteiger partial charge on any atom is 0.172 e. The number of imidazole rings is 1. The van der Waals surface area contributed by atoms with Crippen LogP contribution in [0.4, 0.5) is 4.39 Å². The smallest absolute Gasteiger partial charge is 0.172 e. The van der Waals surface area contributed by atoms with Crippen molar-refractivity contribution in [1.82, 2.24) is 9.97 Å². The zero-order valence-corrected chi connectivity index (χ0v) is 10.5. The van der Waals surface area contributed by atoms with E-state index in [1.54, 1.807) is 12.1 Å². The van der Waals surface area contributed by atoms with E-state index in [0.29, 0.717) is 41.6 Å². The molecule has 0 spiro atoms. The summed E-state index contributed by atoms with van der Waals surface area (Å²) in [5, 5.41) is 0. The van der Waals surface area contributed by atoms with Gasteiger partial charge in [-0.05, 0) is 24.3 Å². The molecule has 1 N–H and O–H groups in total. The second-order valence-corrected chi connectivity index (χ2v) is 4.55. The van der Waals surface area contributed by atoms with Gasteiger partial charge in [0.05, 0.1) is 11.1 Å². The first kappa shape index (κ1) is 11.3. The number of benzene rings is 2. The molecule has 2 heterocycles. The van der Waals surface area contributed by atoms with Crippen molar-refractivity contribution in [3.63, 3.8) is 0 Å². The van der Waals surface area contributed by atoms with Crippen LogP contribution < -0.4 is 9.47 Å². The average Bonchev–Trinajstić information content (AvgIpc) is 2.92. The van der Waals surface area contributed by atoms with Gasteiger partial charge < -0.3 is 14.5 Å². The van der Waals surface area contributed by atoms with Gasteiger partial charge in [0.25, 0.3) is 0 Å². The third-order valence-electron chi connectivity index (χ3n) is 3.28. The van der Waals surface area contributed by atoms with Crippen molar-refractivity contribution in [2.45, 2.75) is 0 Å². The van der Waals surface area contributed by atoms with Crippen molar-refractivity contribution < 1.29 is 13.9 Å². The van der Waals surface area contributed by atoms with Crippen molar-refractivity contribution in [2.75, 3.05) is 13.2 Å². The fraction of sp³-hybridized carbons (Fsp3) is 0.133. The molecule has 20 heavy (non-hydrogen) atoms. The van der Waals surface area contributed by atoms with Crippen LogP contribution in [0.25, 0.3) is 22.4 Å². The highest BCUT2D eigenvalue weighted by molar-refractivity contribution is 5.82. The third kappa shape index (κ3) is 1.63. The average molecular weight is 270 g/mol. The number of nitrogens with zero attached hydrogens (tertiary/aromatic N) is 1. The Balaban J connectivity index is 1.93. The predicted octanol–water partition coefficient (Wildman–Crippen LogP) is 3.14. The van der Waals surface area contributed by atoms with Crippen LogP contribution in [0.3, 0.4) is 0 Å². The Morgan fingerprint density at radius 3 is 2.80 bits per heavy atom. The Hall–Kier alpha value is -2.56. The topological polar surface area (TPSA) is 47.1 Å². The summed E-state index contributed by atoms with van der Waals surface area (Å²) in [7, 11) is 0. The summed E-state index contributed by atoms with van der Waals surface area (Å²) in [4.78, 5) is 7.44. The van der Waals surface area contributed by atoms with Gasteiger partial charge in [-0.25, -0.2) is 9.37 Å². The Morgan fingerprint density at radius 2 is 1.90 bits per heavy atom. The number of hydrogen-bond acceptors (Lipinski definition) is 3. The van der Waals surface area contributed by atoms with Crippen LogP contribution >= 0.6 is 0 Å². The minimum Gasteiger partial charge on any atom is -0.486 e. The first-order valence-corrected chi connectivity index (χ1v) is 6.36. The Labute approximate surface area is 114 Å². The van der Waals surface area contributed by atoms with Crippen LogP contribution in [-0.4, -0.2) is 23.2 Å². The van der Waals surface area contributed by atoms with E-state index >= 15 is 0 Å². The van der Waals surface area contributed by atoms with Crippen LogP contribution in [0, 0.1) is 5.82 Å². The van der Waals surface area contributed by atoms with Crippen molar-refractivity contribution >= 4 is 11.0 Å². The first-order chi connectivity index (χ1) is 9.83. The van der Waals surface area contributed by atoms with Crippen LogP contribution in [0.1, 0.15) is 0 Å². The zero-order chi connectivity index (χ0) is 13.5. The molecule has 0 saturated carbocycles. The van der Waals surface area contributed by atoms with E-state index in [4.69, 9.17) is 9.47 Å². The summed E-state index contributed by atoms with van der Waals surface area (Å²) >= 11 is 0. The number of rotatable bonds is 1. The lowest BCUT2D eigenvalue weighted by molar-refractivity contribution is 0.172. The van der Waals surface area contributed by atoms with E-state index in [2.05, 4.69) is 9.97 Å². The standard InChI is InChI=1S/C15H11FN2O2/c16-10-4-2-5-11-13(10)18-15(17-11)9-3-1-6-12-14(9)20-8-7-19-12/h1-6H,7-8H2,(H,17,18). The van der Waals surface area contributed by atoms with Crippen molar-refractivity contribution in [3.05, 3.63) is 42.2 Å². The summed E-state index contributed by atoms with van der Waals surface area (Å²) in [5.41, 5.74) is 1.77. The van der Waals surface area contributed by atoms with E-state index < -0.39 is 0 Å².